The molecule has 0 aromatic heterocycles. The van der Waals surface area contributed by atoms with E-state index in [0.29, 0.717) is 6.04 Å². The van der Waals surface area contributed by atoms with Crippen molar-refractivity contribution in [2.75, 3.05) is 6.54 Å². The first kappa shape index (κ1) is 13.1. The number of fused-ring (bicyclic) bond motifs is 1. The predicted molar refractivity (Wildman–Crippen MR) is 80.1 cm³/mol. The van der Waals surface area contributed by atoms with Crippen LogP contribution in [0.15, 0.2) is 18.2 Å². The number of nitrogens with two attached hydrogens (primary N) is 1. The van der Waals surface area contributed by atoms with E-state index in [-0.39, 0.29) is 0 Å². The van der Waals surface area contributed by atoms with Crippen molar-refractivity contribution in [2.24, 2.45) is 11.7 Å². The maximum atomic E-state index is 5.95. The Morgan fingerprint density at radius 1 is 1.05 bits per heavy atom. The molecule has 0 aliphatic heterocycles. The molecule has 0 atom stereocenters. The quantitative estimate of drug-likeness (QED) is 0.871. The first-order valence-corrected chi connectivity index (χ1v) is 7.88. The summed E-state index contributed by atoms with van der Waals surface area (Å²) < 4.78 is 0. The number of hydrogen-bond donors (Lipinski definition) is 2. The largest absolute Gasteiger partial charge is 0.328 e. The molecule has 1 aromatic rings. The van der Waals surface area contributed by atoms with E-state index in [1.165, 1.54) is 50.5 Å². The fraction of sp³-hybridized carbons (Fsp3) is 0.647. The minimum atomic E-state index is 0.466. The fourth-order valence-corrected chi connectivity index (χ4v) is 3.55. The van der Waals surface area contributed by atoms with E-state index < -0.39 is 0 Å². The molecule has 104 valence electrons. The summed E-state index contributed by atoms with van der Waals surface area (Å²) in [5.74, 6) is 0.842. The lowest BCUT2D eigenvalue weighted by atomic mass is 9.86. The van der Waals surface area contributed by atoms with Crippen molar-refractivity contribution in [1.29, 1.82) is 0 Å². The monoisotopic (exact) mass is 258 g/mol. The van der Waals surface area contributed by atoms with Crippen LogP contribution in [0.25, 0.3) is 0 Å². The number of nitrogens with one attached hydrogen (secondary N) is 1. The highest BCUT2D eigenvalue weighted by molar-refractivity contribution is 5.35. The number of hydrogen-bond acceptors (Lipinski definition) is 2. The SMILES string of the molecule is NC1CCC(CNCc2ccc3c(c2)CCC3)CC1. The third-order valence-electron chi connectivity index (χ3n) is 4.82. The maximum absolute atomic E-state index is 5.95. The number of benzene rings is 1. The zero-order valence-corrected chi connectivity index (χ0v) is 11.8. The van der Waals surface area contributed by atoms with Crippen LogP contribution < -0.4 is 11.1 Å². The highest BCUT2D eigenvalue weighted by Gasteiger charge is 2.18. The third-order valence-corrected chi connectivity index (χ3v) is 4.82. The summed E-state index contributed by atoms with van der Waals surface area (Å²) in [5, 5.41) is 3.64. The van der Waals surface area contributed by atoms with Crippen LogP contribution in [0.3, 0.4) is 0 Å². The molecular formula is C17H26N2. The molecule has 1 fully saturated rings. The van der Waals surface area contributed by atoms with E-state index in [0.717, 1.165) is 19.0 Å². The van der Waals surface area contributed by atoms with Gasteiger partial charge in [-0.25, -0.2) is 0 Å². The van der Waals surface area contributed by atoms with Crippen molar-refractivity contribution in [3.05, 3.63) is 34.9 Å². The topological polar surface area (TPSA) is 38.0 Å². The average Bonchev–Trinajstić information content (AvgIpc) is 2.88. The molecule has 3 rings (SSSR count). The molecule has 0 saturated heterocycles. The van der Waals surface area contributed by atoms with Gasteiger partial charge >= 0.3 is 0 Å². The van der Waals surface area contributed by atoms with Crippen LogP contribution in [0.4, 0.5) is 0 Å². The lowest BCUT2D eigenvalue weighted by Crippen LogP contribution is -2.31. The van der Waals surface area contributed by atoms with Gasteiger partial charge in [0.2, 0.25) is 0 Å². The van der Waals surface area contributed by atoms with Gasteiger partial charge in [-0.05, 0) is 74.1 Å². The summed E-state index contributed by atoms with van der Waals surface area (Å²) in [6.07, 6.45) is 8.94. The van der Waals surface area contributed by atoms with E-state index in [9.17, 15) is 0 Å². The Morgan fingerprint density at radius 2 is 1.84 bits per heavy atom. The van der Waals surface area contributed by atoms with Crippen LogP contribution >= 0.6 is 0 Å². The van der Waals surface area contributed by atoms with Gasteiger partial charge in [-0.3, -0.25) is 0 Å². The van der Waals surface area contributed by atoms with Crippen LogP contribution in [0.2, 0.25) is 0 Å². The molecule has 0 heterocycles. The normalized spacial score (nSPS) is 26.4. The number of rotatable bonds is 4. The molecule has 2 nitrogen and oxygen atoms in total. The molecule has 1 aromatic carbocycles. The predicted octanol–water partition coefficient (Wildman–Crippen LogP) is 2.78. The van der Waals surface area contributed by atoms with Crippen LogP contribution in [-0.2, 0) is 19.4 Å². The van der Waals surface area contributed by atoms with Gasteiger partial charge in [-0.1, -0.05) is 18.2 Å². The molecule has 0 radical (unpaired) electrons. The molecular weight excluding hydrogens is 232 g/mol. The summed E-state index contributed by atoms with van der Waals surface area (Å²) in [5.41, 5.74) is 10.6. The summed E-state index contributed by atoms with van der Waals surface area (Å²) in [6.45, 7) is 2.18. The third kappa shape index (κ3) is 3.37. The summed E-state index contributed by atoms with van der Waals surface area (Å²) in [7, 11) is 0. The minimum Gasteiger partial charge on any atom is -0.328 e. The van der Waals surface area contributed by atoms with Crippen LogP contribution in [0.1, 0.15) is 48.8 Å². The molecule has 2 aliphatic carbocycles. The smallest absolute Gasteiger partial charge is 0.0205 e. The van der Waals surface area contributed by atoms with E-state index in [1.54, 1.807) is 11.1 Å². The van der Waals surface area contributed by atoms with E-state index in [4.69, 9.17) is 5.73 Å². The lowest BCUT2D eigenvalue weighted by molar-refractivity contribution is 0.314. The van der Waals surface area contributed by atoms with Gasteiger partial charge in [0.05, 0.1) is 0 Å². The zero-order valence-electron chi connectivity index (χ0n) is 11.8. The highest BCUT2D eigenvalue weighted by Crippen LogP contribution is 2.24. The Hall–Kier alpha value is -0.860. The summed E-state index contributed by atoms with van der Waals surface area (Å²) in [4.78, 5) is 0. The van der Waals surface area contributed by atoms with Crippen molar-refractivity contribution in [3.8, 4) is 0 Å². The minimum absolute atomic E-state index is 0.466. The highest BCUT2D eigenvalue weighted by atomic mass is 14.9. The van der Waals surface area contributed by atoms with Gasteiger partial charge in [-0.2, -0.15) is 0 Å². The summed E-state index contributed by atoms with van der Waals surface area (Å²) >= 11 is 0. The fourth-order valence-electron chi connectivity index (χ4n) is 3.55. The van der Waals surface area contributed by atoms with Crippen molar-refractivity contribution < 1.29 is 0 Å². The summed E-state index contributed by atoms with van der Waals surface area (Å²) in [6, 6.07) is 7.51. The molecule has 0 unspecified atom stereocenters. The van der Waals surface area contributed by atoms with Crippen molar-refractivity contribution >= 4 is 0 Å². The van der Waals surface area contributed by atoms with E-state index >= 15 is 0 Å². The molecule has 1 saturated carbocycles. The van der Waals surface area contributed by atoms with Gasteiger partial charge in [0.15, 0.2) is 0 Å². The Balaban J connectivity index is 1.45. The molecule has 3 N–H and O–H groups in total. The Morgan fingerprint density at radius 3 is 2.68 bits per heavy atom. The van der Waals surface area contributed by atoms with Crippen molar-refractivity contribution in [2.45, 2.75) is 57.5 Å². The Bertz CT molecular complexity index is 419. The lowest BCUT2D eigenvalue weighted by Gasteiger charge is -2.26. The maximum Gasteiger partial charge on any atom is 0.0205 e. The Labute approximate surface area is 116 Å². The van der Waals surface area contributed by atoms with Crippen LogP contribution in [-0.4, -0.2) is 12.6 Å². The first-order chi connectivity index (χ1) is 9.31. The molecule has 2 heteroatoms. The first-order valence-electron chi connectivity index (χ1n) is 7.88. The van der Waals surface area contributed by atoms with Crippen molar-refractivity contribution in [1.82, 2.24) is 5.32 Å². The molecule has 19 heavy (non-hydrogen) atoms. The van der Waals surface area contributed by atoms with Gasteiger partial charge in [-0.15, -0.1) is 0 Å². The Kier molecular flexibility index (Phi) is 4.19. The van der Waals surface area contributed by atoms with Crippen LogP contribution in [0.5, 0.6) is 0 Å². The second-order valence-corrected chi connectivity index (χ2v) is 6.37. The molecule has 0 spiro atoms. The van der Waals surface area contributed by atoms with Gasteiger partial charge in [0.25, 0.3) is 0 Å². The van der Waals surface area contributed by atoms with E-state index in [1.807, 2.05) is 0 Å². The molecule has 2 aliphatic rings. The zero-order chi connectivity index (χ0) is 13.1. The van der Waals surface area contributed by atoms with Gasteiger partial charge in [0, 0.05) is 12.6 Å². The van der Waals surface area contributed by atoms with Crippen LogP contribution in [0, 0.1) is 5.92 Å². The second kappa shape index (κ2) is 6.06. The van der Waals surface area contributed by atoms with Gasteiger partial charge in [0.1, 0.15) is 0 Å². The number of aryl methyl sites for hydroxylation is 2. The second-order valence-electron chi connectivity index (χ2n) is 6.37. The van der Waals surface area contributed by atoms with Gasteiger partial charge < -0.3 is 11.1 Å². The molecule has 0 amide bonds. The van der Waals surface area contributed by atoms with Crippen molar-refractivity contribution in [3.63, 3.8) is 0 Å². The molecule has 0 bridgehead atoms. The van der Waals surface area contributed by atoms with E-state index in [2.05, 4.69) is 23.5 Å². The standard InChI is InChI=1S/C17H26N2/c18-17-8-5-13(6-9-17)11-19-12-14-4-7-15-2-1-3-16(15)10-14/h4,7,10,13,17,19H,1-3,5-6,8-9,11-12,18H2. The average molecular weight is 258 g/mol.